The van der Waals surface area contributed by atoms with Crippen LogP contribution in [0.25, 0.3) is 22.0 Å². The lowest BCUT2D eigenvalue weighted by Crippen LogP contribution is -2.28. The van der Waals surface area contributed by atoms with Crippen molar-refractivity contribution in [3.63, 3.8) is 0 Å². The molecular formula is C36H33N2O+. The Kier molecular flexibility index (Phi) is 6.10. The maximum absolute atomic E-state index is 11.4. The summed E-state index contributed by atoms with van der Waals surface area (Å²) < 4.78 is 4.20. The monoisotopic (exact) mass is 509 g/mol. The Bertz CT molecular complexity index is 1800. The first-order valence-electron chi connectivity index (χ1n) is 13.4. The third-order valence-electron chi connectivity index (χ3n) is 8.20. The van der Waals surface area contributed by atoms with Crippen LogP contribution in [0, 0.1) is 0 Å². The fraction of sp³-hybridized carbons (Fsp3) is 0.167. The average molecular weight is 510 g/mol. The fourth-order valence-corrected chi connectivity index (χ4v) is 6.04. The molecule has 0 amide bonds. The highest BCUT2D eigenvalue weighted by Crippen LogP contribution is 2.42. The first-order chi connectivity index (χ1) is 18.9. The summed E-state index contributed by atoms with van der Waals surface area (Å²) in [6, 6.07) is 37.7. The van der Waals surface area contributed by atoms with Crippen LogP contribution in [0.3, 0.4) is 0 Å². The molecule has 3 nitrogen and oxygen atoms in total. The number of nitrogens with zero attached hydrogens (tertiary/aromatic N) is 2. The van der Waals surface area contributed by atoms with Crippen LogP contribution in [0.15, 0.2) is 115 Å². The van der Waals surface area contributed by atoms with Gasteiger partial charge in [-0.2, -0.15) is 0 Å². The summed E-state index contributed by atoms with van der Waals surface area (Å²) in [6.45, 7) is 4.62. The molecule has 0 aliphatic carbocycles. The summed E-state index contributed by atoms with van der Waals surface area (Å²) in [5, 5.41) is 12.5. The predicted molar refractivity (Wildman–Crippen MR) is 162 cm³/mol. The maximum atomic E-state index is 11.4. The van der Waals surface area contributed by atoms with Crippen LogP contribution in [-0.4, -0.2) is 27.0 Å². The van der Waals surface area contributed by atoms with Crippen molar-refractivity contribution in [1.29, 1.82) is 0 Å². The number of para-hydroxylation sites is 2. The second-order valence-electron chi connectivity index (χ2n) is 10.8. The minimum absolute atomic E-state index is 0.123. The molecule has 0 fully saturated rings. The third kappa shape index (κ3) is 4.12. The quantitative estimate of drug-likeness (QED) is 0.188. The summed E-state index contributed by atoms with van der Waals surface area (Å²) in [6.07, 6.45) is 0.726. The minimum Gasteiger partial charge on any atom is -0.494 e. The number of hydrogen-bond acceptors (Lipinski definition) is 1. The summed E-state index contributed by atoms with van der Waals surface area (Å²) >= 11 is 0. The van der Waals surface area contributed by atoms with E-state index in [0.717, 1.165) is 45.2 Å². The number of rotatable bonds is 5. The molecule has 0 atom stereocenters. The van der Waals surface area contributed by atoms with E-state index in [1.807, 2.05) is 54.1 Å². The zero-order valence-corrected chi connectivity index (χ0v) is 22.9. The molecule has 0 saturated heterocycles. The number of allylic oxidation sites excluding steroid dienone is 1. The van der Waals surface area contributed by atoms with Crippen LogP contribution in [0.4, 0.5) is 5.69 Å². The molecular weight excluding hydrogens is 476 g/mol. The largest absolute Gasteiger partial charge is 0.494 e. The molecule has 1 aromatic heterocycles. The van der Waals surface area contributed by atoms with Gasteiger partial charge in [0.05, 0.1) is 22.9 Å². The van der Waals surface area contributed by atoms with Gasteiger partial charge >= 0.3 is 0 Å². The van der Waals surface area contributed by atoms with Crippen LogP contribution >= 0.6 is 0 Å². The standard InChI is InChI=1S/C36H32N2O/c1-36(2)30-20-12-14-22-32(30)37(3)33(36)24-27(25-15-7-5-8-16-25)23-29(26-17-9-6-10-18-26)34-28-19-11-13-21-31(28)38(4)35(34)39/h5-22H,24H2,1-4H3/p+1. The zero-order valence-electron chi connectivity index (χ0n) is 22.9. The van der Waals surface area contributed by atoms with Crippen molar-refractivity contribution < 1.29 is 9.68 Å². The highest BCUT2D eigenvalue weighted by molar-refractivity contribution is 6.04. The molecule has 1 N–H and O–H groups in total. The number of hydrogen-bond donors (Lipinski definition) is 1. The van der Waals surface area contributed by atoms with E-state index in [1.54, 1.807) is 0 Å². The normalized spacial score (nSPS) is 13.8. The lowest BCUT2D eigenvalue weighted by atomic mass is 9.78. The highest BCUT2D eigenvalue weighted by atomic mass is 16.3. The van der Waals surface area contributed by atoms with Crippen LogP contribution in [0.2, 0.25) is 0 Å². The summed E-state index contributed by atoms with van der Waals surface area (Å²) in [7, 11) is 4.08. The molecule has 0 unspecified atom stereocenters. The second kappa shape index (κ2) is 9.62. The SMILES string of the molecule is Cn1c(O)c(C(=C=C(CC2=[N+](C)c3ccccc3C2(C)C)c2ccccc2)c2ccccc2)c2ccccc21. The smallest absolute Gasteiger partial charge is 0.209 e. The number of benzene rings is 4. The van der Waals surface area contributed by atoms with E-state index in [1.165, 1.54) is 17.0 Å². The van der Waals surface area contributed by atoms with Crippen molar-refractivity contribution in [3.05, 3.63) is 137 Å². The Morgan fingerprint density at radius 2 is 1.38 bits per heavy atom. The first-order valence-corrected chi connectivity index (χ1v) is 13.4. The molecule has 0 saturated carbocycles. The van der Waals surface area contributed by atoms with Crippen LogP contribution in [0.5, 0.6) is 5.88 Å². The van der Waals surface area contributed by atoms with Gasteiger partial charge in [0.1, 0.15) is 7.05 Å². The van der Waals surface area contributed by atoms with Crippen LogP contribution in [-0.2, 0) is 12.5 Å². The van der Waals surface area contributed by atoms with Gasteiger partial charge in [-0.25, -0.2) is 4.58 Å². The average Bonchev–Trinajstić information content (AvgIpc) is 3.33. The summed E-state index contributed by atoms with van der Waals surface area (Å²) in [5.74, 6) is 0.244. The van der Waals surface area contributed by atoms with Crippen molar-refractivity contribution in [2.24, 2.45) is 7.05 Å². The van der Waals surface area contributed by atoms with E-state index in [-0.39, 0.29) is 11.3 Å². The molecule has 1 aliphatic heterocycles. The molecule has 0 bridgehead atoms. The number of aryl methyl sites for hydroxylation is 1. The predicted octanol–water partition coefficient (Wildman–Crippen LogP) is 8.09. The maximum Gasteiger partial charge on any atom is 0.209 e. The van der Waals surface area contributed by atoms with Gasteiger partial charge in [0.25, 0.3) is 0 Å². The molecule has 4 aromatic carbocycles. The van der Waals surface area contributed by atoms with Gasteiger partial charge in [0, 0.05) is 35.2 Å². The van der Waals surface area contributed by atoms with Gasteiger partial charge < -0.3 is 9.67 Å². The van der Waals surface area contributed by atoms with E-state index in [9.17, 15) is 5.11 Å². The van der Waals surface area contributed by atoms with Crippen LogP contribution < -0.4 is 0 Å². The Morgan fingerprint density at radius 1 is 0.795 bits per heavy atom. The Morgan fingerprint density at radius 3 is 2.08 bits per heavy atom. The third-order valence-corrected chi connectivity index (χ3v) is 8.20. The molecule has 5 aromatic rings. The Labute approximate surface area is 230 Å². The number of aromatic hydroxyl groups is 1. The van der Waals surface area contributed by atoms with Gasteiger partial charge in [-0.05, 0) is 31.0 Å². The number of aromatic nitrogens is 1. The van der Waals surface area contributed by atoms with Gasteiger partial charge in [-0.3, -0.25) is 0 Å². The summed E-state index contributed by atoms with van der Waals surface area (Å²) in [5.41, 5.74) is 13.6. The first kappa shape index (κ1) is 24.7. The second-order valence-corrected chi connectivity index (χ2v) is 10.8. The fourth-order valence-electron chi connectivity index (χ4n) is 6.04. The van der Waals surface area contributed by atoms with E-state index in [0.29, 0.717) is 0 Å². The van der Waals surface area contributed by atoms with E-state index < -0.39 is 0 Å². The molecule has 6 rings (SSSR count). The van der Waals surface area contributed by atoms with E-state index >= 15 is 0 Å². The van der Waals surface area contributed by atoms with Gasteiger partial charge in [-0.1, -0.05) is 97.1 Å². The zero-order chi connectivity index (χ0) is 27.1. The van der Waals surface area contributed by atoms with Gasteiger partial charge in [0.15, 0.2) is 5.71 Å². The topological polar surface area (TPSA) is 28.2 Å². The highest BCUT2D eigenvalue weighted by Gasteiger charge is 2.44. The molecule has 192 valence electrons. The van der Waals surface area contributed by atoms with Gasteiger partial charge in [-0.15, -0.1) is 5.73 Å². The Hall–Kier alpha value is -4.59. The molecule has 0 spiro atoms. The lowest BCUT2D eigenvalue weighted by molar-refractivity contribution is -0.403. The minimum atomic E-state index is -0.123. The molecule has 1 aliphatic rings. The van der Waals surface area contributed by atoms with Crippen molar-refractivity contribution in [1.82, 2.24) is 4.57 Å². The van der Waals surface area contributed by atoms with E-state index in [2.05, 4.69) is 97.9 Å². The van der Waals surface area contributed by atoms with Crippen molar-refractivity contribution >= 4 is 33.4 Å². The molecule has 0 radical (unpaired) electrons. The van der Waals surface area contributed by atoms with Crippen molar-refractivity contribution in [2.45, 2.75) is 25.7 Å². The lowest BCUT2D eigenvalue weighted by Gasteiger charge is -2.18. The molecule has 2 heterocycles. The molecule has 39 heavy (non-hydrogen) atoms. The van der Waals surface area contributed by atoms with E-state index in [4.69, 9.17) is 0 Å². The van der Waals surface area contributed by atoms with Crippen molar-refractivity contribution in [3.8, 4) is 5.88 Å². The Balaban J connectivity index is 1.67. The van der Waals surface area contributed by atoms with Gasteiger partial charge in [0.2, 0.25) is 11.6 Å². The number of fused-ring (bicyclic) bond motifs is 2. The van der Waals surface area contributed by atoms with Crippen molar-refractivity contribution in [2.75, 3.05) is 7.05 Å². The molecule has 3 heteroatoms. The summed E-state index contributed by atoms with van der Waals surface area (Å²) in [4.78, 5) is 0. The van der Waals surface area contributed by atoms with Crippen LogP contribution in [0.1, 0.15) is 42.5 Å².